The third-order valence-electron chi connectivity index (χ3n) is 1.92. The standard InChI is InChI=1S/C10H14FNO/c1-7(13)9-5-4-8(11)6-10(9)12(2)3/h4-7,13H,1-3H3/t7-/m0/s1. The van der Waals surface area contributed by atoms with Crippen LogP contribution in [-0.4, -0.2) is 19.2 Å². The average molecular weight is 183 g/mol. The number of hydrogen-bond donors (Lipinski definition) is 1. The van der Waals surface area contributed by atoms with E-state index in [4.69, 9.17) is 0 Å². The van der Waals surface area contributed by atoms with Gasteiger partial charge in [-0.25, -0.2) is 4.39 Å². The summed E-state index contributed by atoms with van der Waals surface area (Å²) in [6.07, 6.45) is -0.571. The van der Waals surface area contributed by atoms with E-state index >= 15 is 0 Å². The third-order valence-corrected chi connectivity index (χ3v) is 1.92. The first-order chi connectivity index (χ1) is 6.02. The first kappa shape index (κ1) is 9.99. The van der Waals surface area contributed by atoms with E-state index < -0.39 is 6.10 Å². The van der Waals surface area contributed by atoms with E-state index in [9.17, 15) is 9.50 Å². The zero-order valence-corrected chi connectivity index (χ0v) is 8.08. The van der Waals surface area contributed by atoms with Crippen LogP contribution < -0.4 is 4.90 Å². The quantitative estimate of drug-likeness (QED) is 0.757. The smallest absolute Gasteiger partial charge is 0.125 e. The van der Waals surface area contributed by atoms with Crippen molar-refractivity contribution in [1.82, 2.24) is 0 Å². The van der Waals surface area contributed by atoms with Gasteiger partial charge in [-0.1, -0.05) is 6.07 Å². The van der Waals surface area contributed by atoms with Crippen LogP contribution in [0.1, 0.15) is 18.6 Å². The molecule has 0 unspecified atom stereocenters. The molecule has 0 heterocycles. The zero-order valence-electron chi connectivity index (χ0n) is 8.08. The van der Waals surface area contributed by atoms with Crippen molar-refractivity contribution in [1.29, 1.82) is 0 Å². The van der Waals surface area contributed by atoms with Gasteiger partial charge in [0, 0.05) is 25.3 Å². The van der Waals surface area contributed by atoms with Crippen molar-refractivity contribution in [3.05, 3.63) is 29.6 Å². The Morgan fingerprint density at radius 2 is 2.00 bits per heavy atom. The molecule has 0 fully saturated rings. The maximum Gasteiger partial charge on any atom is 0.125 e. The van der Waals surface area contributed by atoms with Gasteiger partial charge in [-0.15, -0.1) is 0 Å². The molecule has 0 aliphatic carbocycles. The van der Waals surface area contributed by atoms with Crippen molar-refractivity contribution >= 4 is 5.69 Å². The van der Waals surface area contributed by atoms with Gasteiger partial charge in [-0.2, -0.15) is 0 Å². The molecule has 1 aromatic carbocycles. The molecule has 0 amide bonds. The minimum absolute atomic E-state index is 0.284. The number of benzene rings is 1. The van der Waals surface area contributed by atoms with E-state index in [2.05, 4.69) is 0 Å². The summed E-state index contributed by atoms with van der Waals surface area (Å²) in [7, 11) is 3.64. The van der Waals surface area contributed by atoms with E-state index in [0.717, 1.165) is 11.3 Å². The monoisotopic (exact) mass is 183 g/mol. The molecule has 1 rings (SSSR count). The summed E-state index contributed by atoms with van der Waals surface area (Å²) in [5.41, 5.74) is 1.46. The normalized spacial score (nSPS) is 12.7. The number of halogens is 1. The molecular formula is C10H14FNO. The number of rotatable bonds is 2. The Morgan fingerprint density at radius 3 is 2.46 bits per heavy atom. The Kier molecular flexibility index (Phi) is 2.88. The third kappa shape index (κ3) is 2.18. The van der Waals surface area contributed by atoms with Gasteiger partial charge in [0.1, 0.15) is 5.82 Å². The molecule has 13 heavy (non-hydrogen) atoms. The summed E-state index contributed by atoms with van der Waals surface area (Å²) in [5.74, 6) is -0.284. The minimum Gasteiger partial charge on any atom is -0.389 e. The van der Waals surface area contributed by atoms with Gasteiger partial charge in [0.25, 0.3) is 0 Å². The van der Waals surface area contributed by atoms with Crippen LogP contribution in [-0.2, 0) is 0 Å². The number of aliphatic hydroxyl groups excluding tert-OH is 1. The van der Waals surface area contributed by atoms with Gasteiger partial charge >= 0.3 is 0 Å². The molecule has 0 bridgehead atoms. The second kappa shape index (κ2) is 3.75. The fraction of sp³-hybridized carbons (Fsp3) is 0.400. The molecule has 2 nitrogen and oxygen atoms in total. The lowest BCUT2D eigenvalue weighted by molar-refractivity contribution is 0.199. The van der Waals surface area contributed by atoms with E-state index in [1.807, 2.05) is 14.1 Å². The molecule has 0 spiro atoms. The summed E-state index contributed by atoms with van der Waals surface area (Å²) in [6.45, 7) is 1.67. The molecule has 1 N–H and O–H groups in total. The summed E-state index contributed by atoms with van der Waals surface area (Å²) in [6, 6.07) is 4.38. The van der Waals surface area contributed by atoms with Crippen molar-refractivity contribution in [3.63, 3.8) is 0 Å². The van der Waals surface area contributed by atoms with Crippen molar-refractivity contribution in [3.8, 4) is 0 Å². The van der Waals surface area contributed by atoms with Gasteiger partial charge in [0.05, 0.1) is 6.10 Å². The van der Waals surface area contributed by atoms with Crippen LogP contribution in [0.25, 0.3) is 0 Å². The van der Waals surface area contributed by atoms with E-state index in [0.29, 0.717) is 0 Å². The number of hydrogen-bond acceptors (Lipinski definition) is 2. The molecule has 3 heteroatoms. The Labute approximate surface area is 77.6 Å². The largest absolute Gasteiger partial charge is 0.389 e. The molecular weight excluding hydrogens is 169 g/mol. The lowest BCUT2D eigenvalue weighted by Crippen LogP contribution is -2.12. The van der Waals surface area contributed by atoms with E-state index in [1.54, 1.807) is 17.9 Å². The van der Waals surface area contributed by atoms with E-state index in [-0.39, 0.29) is 5.82 Å². The lowest BCUT2D eigenvalue weighted by Gasteiger charge is -2.18. The van der Waals surface area contributed by atoms with Gasteiger partial charge in [0.15, 0.2) is 0 Å². The first-order valence-corrected chi connectivity index (χ1v) is 4.17. The van der Waals surface area contributed by atoms with Crippen LogP contribution in [0.5, 0.6) is 0 Å². The Hall–Kier alpha value is -1.09. The number of aliphatic hydroxyl groups is 1. The highest BCUT2D eigenvalue weighted by molar-refractivity contribution is 5.53. The predicted octanol–water partition coefficient (Wildman–Crippen LogP) is 1.94. The maximum atomic E-state index is 12.9. The van der Waals surface area contributed by atoms with Gasteiger partial charge in [-0.05, 0) is 19.1 Å². The summed E-state index contributed by atoms with van der Waals surface area (Å²) >= 11 is 0. The highest BCUT2D eigenvalue weighted by Gasteiger charge is 2.09. The molecule has 0 aromatic heterocycles. The van der Waals surface area contributed by atoms with Crippen LogP contribution in [0.15, 0.2) is 18.2 Å². The van der Waals surface area contributed by atoms with Crippen molar-refractivity contribution in [2.45, 2.75) is 13.0 Å². The van der Waals surface area contributed by atoms with Gasteiger partial charge in [-0.3, -0.25) is 0 Å². The topological polar surface area (TPSA) is 23.5 Å². The second-order valence-corrected chi connectivity index (χ2v) is 3.27. The predicted molar refractivity (Wildman–Crippen MR) is 51.4 cm³/mol. The van der Waals surface area contributed by atoms with Gasteiger partial charge < -0.3 is 10.0 Å². The van der Waals surface area contributed by atoms with Crippen LogP contribution in [0.2, 0.25) is 0 Å². The highest BCUT2D eigenvalue weighted by atomic mass is 19.1. The summed E-state index contributed by atoms with van der Waals surface area (Å²) in [5, 5.41) is 9.40. The highest BCUT2D eigenvalue weighted by Crippen LogP contribution is 2.25. The summed E-state index contributed by atoms with van der Waals surface area (Å²) < 4.78 is 12.9. The Balaban J connectivity index is 3.19. The first-order valence-electron chi connectivity index (χ1n) is 4.17. The SMILES string of the molecule is C[C@H](O)c1ccc(F)cc1N(C)C. The van der Waals surface area contributed by atoms with Crippen LogP contribution in [0, 0.1) is 5.82 Å². The molecule has 0 aliphatic heterocycles. The van der Waals surface area contributed by atoms with Crippen molar-refractivity contribution in [2.75, 3.05) is 19.0 Å². The van der Waals surface area contributed by atoms with Crippen LogP contribution >= 0.6 is 0 Å². The maximum absolute atomic E-state index is 12.9. The minimum atomic E-state index is -0.571. The number of nitrogens with zero attached hydrogens (tertiary/aromatic N) is 1. The second-order valence-electron chi connectivity index (χ2n) is 3.27. The van der Waals surface area contributed by atoms with Crippen LogP contribution in [0.4, 0.5) is 10.1 Å². The van der Waals surface area contributed by atoms with E-state index in [1.165, 1.54) is 12.1 Å². The van der Waals surface area contributed by atoms with Crippen molar-refractivity contribution in [2.24, 2.45) is 0 Å². The van der Waals surface area contributed by atoms with Gasteiger partial charge in [0.2, 0.25) is 0 Å². The van der Waals surface area contributed by atoms with Crippen molar-refractivity contribution < 1.29 is 9.50 Å². The molecule has 1 aromatic rings. The number of anilines is 1. The Morgan fingerprint density at radius 1 is 1.38 bits per heavy atom. The zero-order chi connectivity index (χ0) is 10.0. The summed E-state index contributed by atoms with van der Waals surface area (Å²) in [4.78, 5) is 1.78. The lowest BCUT2D eigenvalue weighted by atomic mass is 10.1. The van der Waals surface area contributed by atoms with Crippen LogP contribution in [0.3, 0.4) is 0 Å². The molecule has 0 saturated carbocycles. The molecule has 72 valence electrons. The fourth-order valence-corrected chi connectivity index (χ4v) is 1.26. The fourth-order valence-electron chi connectivity index (χ4n) is 1.26. The molecule has 0 saturated heterocycles. The average Bonchev–Trinajstić information content (AvgIpc) is 2.03. The Bertz CT molecular complexity index is 297. The molecule has 0 aliphatic rings. The molecule has 1 atom stereocenters. The molecule has 0 radical (unpaired) electrons.